The molecule has 0 saturated carbocycles. The number of nitrogens with zero attached hydrogens (tertiary/aromatic N) is 2. The molecule has 2 amide bonds. The molecular weight excluding hydrogens is 418 g/mol. The number of hydrogen-bond acceptors (Lipinski definition) is 5. The number of fused-ring (bicyclic) bond motifs is 1. The largest absolute Gasteiger partial charge is 0.465 e. The lowest BCUT2D eigenvalue weighted by Gasteiger charge is -2.56. The molecule has 0 bridgehead atoms. The SMILES string of the molecule is Cc1ccc(CN2CCC3(CC2)C(C(=O)NC2COC2)c2ccccc2C(=O)N3C(C)C)o1. The normalized spacial score (nSPS) is 23.0. The molecule has 2 aromatic rings. The van der Waals surface area contributed by atoms with Crippen molar-refractivity contribution in [3.63, 3.8) is 0 Å². The number of carbonyl (C=O) groups excluding carboxylic acids is 2. The Bertz CT molecular complexity index is 1030. The highest BCUT2D eigenvalue weighted by Gasteiger charge is 2.56. The molecule has 0 radical (unpaired) electrons. The zero-order chi connectivity index (χ0) is 23.2. The molecule has 1 unspecified atom stereocenters. The third-order valence-corrected chi connectivity index (χ3v) is 7.40. The number of furan rings is 1. The van der Waals surface area contributed by atoms with E-state index in [1.54, 1.807) is 0 Å². The van der Waals surface area contributed by atoms with Gasteiger partial charge in [0.2, 0.25) is 5.91 Å². The smallest absolute Gasteiger partial charge is 0.254 e. The number of benzene rings is 1. The standard InChI is InChI=1S/C26H33N3O4/c1-17(2)29-25(31)22-7-5-4-6-21(22)23(24(30)27-19-15-32-16-19)26(29)10-12-28(13-11-26)14-20-9-8-18(3)33-20/h4-9,17,19,23H,10-16H2,1-3H3,(H,27,30). The third-order valence-electron chi connectivity index (χ3n) is 7.40. The number of carbonyl (C=O) groups is 2. The molecule has 1 N–H and O–H groups in total. The fraction of sp³-hybridized carbons (Fsp3) is 0.538. The second-order valence-corrected chi connectivity index (χ2v) is 9.92. The van der Waals surface area contributed by atoms with Crippen LogP contribution in [0.3, 0.4) is 0 Å². The van der Waals surface area contributed by atoms with E-state index in [2.05, 4.69) is 24.1 Å². The van der Waals surface area contributed by atoms with E-state index in [0.29, 0.717) is 18.8 Å². The van der Waals surface area contributed by atoms with Gasteiger partial charge in [-0.1, -0.05) is 18.2 Å². The molecule has 1 aromatic heterocycles. The van der Waals surface area contributed by atoms with Gasteiger partial charge in [-0.3, -0.25) is 14.5 Å². The molecule has 0 aliphatic carbocycles. The molecule has 1 atom stereocenters. The number of hydrogen-bond donors (Lipinski definition) is 1. The van der Waals surface area contributed by atoms with E-state index < -0.39 is 11.5 Å². The first-order valence-corrected chi connectivity index (χ1v) is 12.0. The van der Waals surface area contributed by atoms with Gasteiger partial charge in [0.1, 0.15) is 11.5 Å². The van der Waals surface area contributed by atoms with Gasteiger partial charge >= 0.3 is 0 Å². The van der Waals surface area contributed by atoms with Gasteiger partial charge in [-0.2, -0.15) is 0 Å². The van der Waals surface area contributed by atoms with Gasteiger partial charge in [0.05, 0.1) is 37.3 Å². The lowest BCUT2D eigenvalue weighted by atomic mass is 9.66. The monoisotopic (exact) mass is 451 g/mol. The van der Waals surface area contributed by atoms with Gasteiger partial charge in [0.15, 0.2) is 0 Å². The maximum absolute atomic E-state index is 13.8. The molecule has 7 nitrogen and oxygen atoms in total. The highest BCUT2D eigenvalue weighted by molar-refractivity contribution is 6.02. The summed E-state index contributed by atoms with van der Waals surface area (Å²) < 4.78 is 11.1. The number of aryl methyl sites for hydroxylation is 1. The topological polar surface area (TPSA) is 75.0 Å². The van der Waals surface area contributed by atoms with Gasteiger partial charge in [-0.25, -0.2) is 0 Å². The number of likely N-dealkylation sites (tertiary alicyclic amines) is 1. The van der Waals surface area contributed by atoms with Crippen LogP contribution in [0, 0.1) is 6.92 Å². The van der Waals surface area contributed by atoms with E-state index in [4.69, 9.17) is 9.15 Å². The van der Waals surface area contributed by atoms with Crippen molar-refractivity contribution in [2.24, 2.45) is 0 Å². The number of piperidine rings is 1. The first-order valence-electron chi connectivity index (χ1n) is 12.0. The highest BCUT2D eigenvalue weighted by Crippen LogP contribution is 2.48. The Balaban J connectivity index is 1.49. The van der Waals surface area contributed by atoms with Crippen LogP contribution in [0.1, 0.15) is 60.0 Å². The van der Waals surface area contributed by atoms with Gasteiger partial charge in [-0.05, 0) is 57.4 Å². The lowest BCUT2D eigenvalue weighted by Crippen LogP contribution is -2.67. The van der Waals surface area contributed by atoms with Crippen LogP contribution in [0.25, 0.3) is 0 Å². The summed E-state index contributed by atoms with van der Waals surface area (Å²) in [7, 11) is 0. The fourth-order valence-electron chi connectivity index (χ4n) is 5.86. The Kier molecular flexibility index (Phi) is 5.79. The zero-order valence-corrected chi connectivity index (χ0v) is 19.7. The maximum atomic E-state index is 13.8. The second kappa shape index (κ2) is 8.61. The highest BCUT2D eigenvalue weighted by atomic mass is 16.5. The van der Waals surface area contributed by atoms with E-state index in [-0.39, 0.29) is 23.9 Å². The van der Waals surface area contributed by atoms with Crippen molar-refractivity contribution in [2.75, 3.05) is 26.3 Å². The summed E-state index contributed by atoms with van der Waals surface area (Å²) in [5.74, 6) is 1.50. The summed E-state index contributed by atoms with van der Waals surface area (Å²) in [5, 5.41) is 3.20. The first-order chi connectivity index (χ1) is 15.9. The zero-order valence-electron chi connectivity index (χ0n) is 19.7. The Morgan fingerprint density at radius 1 is 1.15 bits per heavy atom. The predicted molar refractivity (Wildman–Crippen MR) is 124 cm³/mol. The molecule has 2 fully saturated rings. The first kappa shape index (κ1) is 22.2. The van der Waals surface area contributed by atoms with Crippen LogP contribution in [0.2, 0.25) is 0 Å². The summed E-state index contributed by atoms with van der Waals surface area (Å²) in [6, 6.07) is 11.7. The molecular formula is C26H33N3O4. The van der Waals surface area contributed by atoms with Crippen LogP contribution < -0.4 is 5.32 Å². The van der Waals surface area contributed by atoms with Gasteiger partial charge in [0.25, 0.3) is 5.91 Å². The van der Waals surface area contributed by atoms with Crippen molar-refractivity contribution in [2.45, 2.75) is 63.7 Å². The van der Waals surface area contributed by atoms with Crippen LogP contribution in [-0.4, -0.2) is 65.5 Å². The van der Waals surface area contributed by atoms with Crippen molar-refractivity contribution >= 4 is 11.8 Å². The molecule has 3 aliphatic heterocycles. The van der Waals surface area contributed by atoms with Gasteiger partial charge < -0.3 is 19.4 Å². The molecule has 5 rings (SSSR count). The third kappa shape index (κ3) is 3.87. The number of amides is 2. The minimum absolute atomic E-state index is 0.00371. The second-order valence-electron chi connectivity index (χ2n) is 9.92. The molecule has 1 spiro atoms. The summed E-state index contributed by atoms with van der Waals surface area (Å²) in [4.78, 5) is 31.8. The molecule has 1 aromatic carbocycles. The summed E-state index contributed by atoms with van der Waals surface area (Å²) in [6.07, 6.45) is 1.48. The molecule has 33 heavy (non-hydrogen) atoms. The van der Waals surface area contributed by atoms with E-state index in [1.165, 1.54) is 0 Å². The van der Waals surface area contributed by atoms with Gasteiger partial charge in [0, 0.05) is 24.7 Å². The maximum Gasteiger partial charge on any atom is 0.254 e. The average Bonchev–Trinajstić information content (AvgIpc) is 3.17. The Hall–Kier alpha value is -2.64. The van der Waals surface area contributed by atoms with Crippen molar-refractivity contribution in [3.8, 4) is 0 Å². The Labute approximate surface area is 195 Å². The molecule has 3 aliphatic rings. The summed E-state index contributed by atoms with van der Waals surface area (Å²) >= 11 is 0. The van der Waals surface area contributed by atoms with Crippen molar-refractivity contribution in [1.29, 1.82) is 0 Å². The minimum atomic E-state index is -0.552. The summed E-state index contributed by atoms with van der Waals surface area (Å²) in [6.45, 7) is 9.51. The quantitative estimate of drug-likeness (QED) is 0.756. The van der Waals surface area contributed by atoms with E-state index in [9.17, 15) is 9.59 Å². The number of rotatable bonds is 5. The molecule has 4 heterocycles. The fourth-order valence-corrected chi connectivity index (χ4v) is 5.86. The predicted octanol–water partition coefficient (Wildman–Crippen LogP) is 3.09. The Morgan fingerprint density at radius 2 is 1.88 bits per heavy atom. The molecule has 2 saturated heterocycles. The number of ether oxygens (including phenoxy) is 1. The van der Waals surface area contributed by atoms with Crippen LogP contribution >= 0.6 is 0 Å². The van der Waals surface area contributed by atoms with E-state index >= 15 is 0 Å². The lowest BCUT2D eigenvalue weighted by molar-refractivity contribution is -0.132. The van der Waals surface area contributed by atoms with Gasteiger partial charge in [-0.15, -0.1) is 0 Å². The average molecular weight is 452 g/mol. The summed E-state index contributed by atoms with van der Waals surface area (Å²) in [5.41, 5.74) is 0.951. The van der Waals surface area contributed by atoms with Crippen molar-refractivity contribution in [1.82, 2.24) is 15.1 Å². The minimum Gasteiger partial charge on any atom is -0.465 e. The molecule has 176 valence electrons. The number of nitrogens with one attached hydrogen (secondary N) is 1. The van der Waals surface area contributed by atoms with Crippen molar-refractivity contribution < 1.29 is 18.7 Å². The van der Waals surface area contributed by atoms with Crippen LogP contribution in [0.15, 0.2) is 40.8 Å². The van der Waals surface area contributed by atoms with Crippen molar-refractivity contribution in [3.05, 3.63) is 59.0 Å². The van der Waals surface area contributed by atoms with E-state index in [0.717, 1.165) is 49.6 Å². The van der Waals surface area contributed by atoms with Crippen LogP contribution in [0.4, 0.5) is 0 Å². The van der Waals surface area contributed by atoms with Crippen LogP contribution in [0.5, 0.6) is 0 Å². The van der Waals surface area contributed by atoms with Crippen LogP contribution in [-0.2, 0) is 16.1 Å². The Morgan fingerprint density at radius 3 is 2.48 bits per heavy atom. The van der Waals surface area contributed by atoms with E-state index in [1.807, 2.05) is 48.2 Å². The molecule has 7 heteroatoms.